The quantitative estimate of drug-likeness (QED) is 0.191. The predicted molar refractivity (Wildman–Crippen MR) is 143 cm³/mol. The van der Waals surface area contributed by atoms with E-state index >= 15 is 0 Å². The molecular formula is C27H32IO2P. The van der Waals surface area contributed by atoms with Gasteiger partial charge in [-0.1, -0.05) is 0 Å². The van der Waals surface area contributed by atoms with Crippen molar-refractivity contribution >= 4 is 42.2 Å². The van der Waals surface area contributed by atoms with Crippen LogP contribution in [-0.2, 0) is 9.47 Å². The molecule has 31 heavy (non-hydrogen) atoms. The summed E-state index contributed by atoms with van der Waals surface area (Å²) in [6, 6.07) is 33.5. The van der Waals surface area contributed by atoms with E-state index in [4.69, 9.17) is 9.47 Å². The van der Waals surface area contributed by atoms with E-state index < -0.39 is 10.0 Å². The van der Waals surface area contributed by atoms with Gasteiger partial charge >= 0.3 is 200 Å². The van der Waals surface area contributed by atoms with E-state index in [0.29, 0.717) is 6.61 Å². The number of rotatable bonds is 8. The zero-order chi connectivity index (χ0) is 21.8. The fourth-order valence-electron chi connectivity index (χ4n) is 4.74. The fourth-order valence-corrected chi connectivity index (χ4v) is 13.5. The molecule has 0 aromatic heterocycles. The van der Waals surface area contributed by atoms with Crippen molar-refractivity contribution in [3.05, 3.63) is 91.0 Å². The monoisotopic (exact) mass is 546 g/mol. The van der Waals surface area contributed by atoms with Gasteiger partial charge in [-0.05, 0) is 0 Å². The normalized spacial score (nSPS) is 19.6. The van der Waals surface area contributed by atoms with Crippen molar-refractivity contribution in [1.29, 1.82) is 0 Å². The van der Waals surface area contributed by atoms with Gasteiger partial charge in [0.25, 0.3) is 0 Å². The molecule has 4 heteroatoms. The minimum atomic E-state index is -2.64. The molecule has 0 aliphatic carbocycles. The third-order valence-corrected chi connectivity index (χ3v) is 18.0. The second-order valence-corrected chi connectivity index (χ2v) is 19.6. The SMILES string of the molecule is CC1(C)OC[C@@H](CCCCP(I)(c2ccccc2)(c2ccccc2)c2ccccc2)O1. The van der Waals surface area contributed by atoms with Gasteiger partial charge in [-0.15, -0.1) is 0 Å². The molecule has 164 valence electrons. The summed E-state index contributed by atoms with van der Waals surface area (Å²) in [5.74, 6) is -0.439. The molecule has 2 nitrogen and oxygen atoms in total. The molecule has 3 aromatic carbocycles. The van der Waals surface area contributed by atoms with Gasteiger partial charge in [0.2, 0.25) is 0 Å². The van der Waals surface area contributed by atoms with Crippen molar-refractivity contribution in [3.63, 3.8) is 0 Å². The fraction of sp³-hybridized carbons (Fsp3) is 0.333. The molecular weight excluding hydrogens is 514 g/mol. The molecule has 1 heterocycles. The molecule has 0 saturated carbocycles. The Kier molecular flexibility index (Phi) is 6.88. The Morgan fingerprint density at radius 2 is 1.23 bits per heavy atom. The first-order valence-corrected chi connectivity index (χ1v) is 16.3. The van der Waals surface area contributed by atoms with Crippen LogP contribution in [-0.4, -0.2) is 24.7 Å². The first kappa shape index (κ1) is 22.9. The average molecular weight is 546 g/mol. The molecule has 4 rings (SSSR count). The standard InChI is InChI=1S/C27H32IO2P/c1-27(2)29-22-23(30-27)14-12-13-21-31(28,24-15-6-3-7-16-24,25-17-8-4-9-18-25)26-19-10-5-11-20-26/h3-11,15-20,23H,12-14,21-22H2,1-2H3/t23-/m1/s1. The van der Waals surface area contributed by atoms with E-state index in [9.17, 15) is 0 Å². The van der Waals surface area contributed by atoms with Crippen LogP contribution in [0, 0.1) is 0 Å². The van der Waals surface area contributed by atoms with Crippen LogP contribution in [0.4, 0.5) is 0 Å². The topological polar surface area (TPSA) is 18.5 Å². The van der Waals surface area contributed by atoms with Crippen LogP contribution < -0.4 is 15.9 Å². The van der Waals surface area contributed by atoms with Crippen LogP contribution >= 0.6 is 26.3 Å². The van der Waals surface area contributed by atoms with Gasteiger partial charge < -0.3 is 0 Å². The second-order valence-electron chi connectivity index (χ2n) is 8.86. The third-order valence-electron chi connectivity index (χ3n) is 6.31. The molecule has 0 radical (unpaired) electrons. The van der Waals surface area contributed by atoms with Crippen molar-refractivity contribution in [1.82, 2.24) is 0 Å². The third kappa shape index (κ3) is 4.61. The van der Waals surface area contributed by atoms with Gasteiger partial charge in [-0.3, -0.25) is 0 Å². The van der Waals surface area contributed by atoms with Crippen LogP contribution in [0.5, 0.6) is 0 Å². The Labute approximate surface area is 199 Å². The molecule has 1 saturated heterocycles. The number of halogens is 1. The molecule has 3 aromatic rings. The van der Waals surface area contributed by atoms with Crippen molar-refractivity contribution < 1.29 is 9.47 Å². The summed E-state index contributed by atoms with van der Waals surface area (Å²) in [7, 11) is 0. The van der Waals surface area contributed by atoms with Gasteiger partial charge in [-0.2, -0.15) is 0 Å². The molecule has 1 aliphatic heterocycles. The van der Waals surface area contributed by atoms with E-state index in [1.165, 1.54) is 15.9 Å². The summed E-state index contributed by atoms with van der Waals surface area (Å²) in [5.41, 5.74) is 0. The first-order valence-electron chi connectivity index (χ1n) is 11.1. The van der Waals surface area contributed by atoms with Gasteiger partial charge in [0.05, 0.1) is 0 Å². The van der Waals surface area contributed by atoms with E-state index in [0.717, 1.165) is 25.4 Å². The van der Waals surface area contributed by atoms with E-state index in [-0.39, 0.29) is 6.10 Å². The van der Waals surface area contributed by atoms with E-state index in [2.05, 4.69) is 113 Å². The van der Waals surface area contributed by atoms with Crippen LogP contribution in [0.3, 0.4) is 0 Å². The van der Waals surface area contributed by atoms with E-state index in [1.54, 1.807) is 0 Å². The Morgan fingerprint density at radius 1 is 0.774 bits per heavy atom. The molecule has 1 fully saturated rings. The first-order chi connectivity index (χ1) is 14.9. The summed E-state index contributed by atoms with van der Waals surface area (Å²) in [6.07, 6.45) is 4.68. The Hall–Kier alpha value is -1.26. The maximum absolute atomic E-state index is 6.05. The summed E-state index contributed by atoms with van der Waals surface area (Å²) in [4.78, 5) is 0. The molecule has 1 aliphatic rings. The van der Waals surface area contributed by atoms with E-state index in [1.807, 2.05) is 13.8 Å². The average Bonchev–Trinajstić information content (AvgIpc) is 3.17. The summed E-state index contributed by atoms with van der Waals surface area (Å²) < 4.78 is 9.16. The molecule has 0 bridgehead atoms. The van der Waals surface area contributed by atoms with Gasteiger partial charge in [-0.25, -0.2) is 0 Å². The van der Waals surface area contributed by atoms with Crippen LogP contribution in [0.1, 0.15) is 33.1 Å². The predicted octanol–water partition coefficient (Wildman–Crippen LogP) is 6.19. The second kappa shape index (κ2) is 9.31. The van der Waals surface area contributed by atoms with Gasteiger partial charge in [0.1, 0.15) is 0 Å². The zero-order valence-electron chi connectivity index (χ0n) is 18.4. The summed E-state index contributed by atoms with van der Waals surface area (Å²) in [6.45, 7) is 4.71. The van der Waals surface area contributed by atoms with Crippen molar-refractivity contribution in [2.24, 2.45) is 0 Å². The van der Waals surface area contributed by atoms with Gasteiger partial charge in [0, 0.05) is 0 Å². The maximum atomic E-state index is 6.05. The van der Waals surface area contributed by atoms with Crippen LogP contribution in [0.2, 0.25) is 0 Å². The minimum absolute atomic E-state index is 0.209. The van der Waals surface area contributed by atoms with Crippen molar-refractivity contribution in [2.45, 2.75) is 45.0 Å². The molecule has 0 N–H and O–H groups in total. The van der Waals surface area contributed by atoms with Crippen LogP contribution in [0.25, 0.3) is 0 Å². The molecule has 0 spiro atoms. The molecule has 1 atom stereocenters. The number of unbranched alkanes of at least 4 members (excludes halogenated alkanes) is 1. The molecule has 0 unspecified atom stereocenters. The summed E-state index contributed by atoms with van der Waals surface area (Å²) in [5, 5.41) is 4.36. The van der Waals surface area contributed by atoms with Crippen molar-refractivity contribution in [3.8, 4) is 0 Å². The van der Waals surface area contributed by atoms with Crippen molar-refractivity contribution in [2.75, 3.05) is 12.8 Å². The van der Waals surface area contributed by atoms with Gasteiger partial charge in [0.15, 0.2) is 0 Å². The summed E-state index contributed by atoms with van der Waals surface area (Å²) >= 11 is 2.87. The number of hydrogen-bond donors (Lipinski definition) is 0. The Morgan fingerprint density at radius 3 is 1.61 bits per heavy atom. The van der Waals surface area contributed by atoms with Crippen LogP contribution in [0.15, 0.2) is 91.0 Å². The Bertz CT molecular complexity index is 876. The number of ether oxygens (including phenoxy) is 2. The number of benzene rings is 3. The zero-order valence-corrected chi connectivity index (χ0v) is 21.5. The molecule has 0 amide bonds. The number of hydrogen-bond acceptors (Lipinski definition) is 2. The Balaban J connectivity index is 1.69.